The first kappa shape index (κ1) is 16.6. The molecule has 0 saturated heterocycles. The Kier molecular flexibility index (Phi) is 6.07. The van der Waals surface area contributed by atoms with Crippen LogP contribution in [-0.4, -0.2) is 24.2 Å². The lowest BCUT2D eigenvalue weighted by molar-refractivity contribution is 0.0945. The topological polar surface area (TPSA) is 61.4 Å². The van der Waals surface area contributed by atoms with Crippen LogP contribution in [0.15, 0.2) is 42.5 Å². The minimum absolute atomic E-state index is 0.0864. The molecule has 0 aliphatic carbocycles. The zero-order valence-corrected chi connectivity index (χ0v) is 13.3. The summed E-state index contributed by atoms with van der Waals surface area (Å²) in [7, 11) is 0. The number of nitrogens with one attached hydrogen (secondary N) is 2. The number of benzene rings is 2. The lowest BCUT2D eigenvalue weighted by Gasteiger charge is -2.10. The van der Waals surface area contributed by atoms with Crippen molar-refractivity contribution >= 4 is 34.8 Å². The van der Waals surface area contributed by atoms with Gasteiger partial charge in [-0.2, -0.15) is 0 Å². The molecule has 6 heteroatoms. The van der Waals surface area contributed by atoms with Gasteiger partial charge in [-0.3, -0.25) is 4.79 Å². The van der Waals surface area contributed by atoms with E-state index in [4.69, 9.17) is 28.3 Å². The highest BCUT2D eigenvalue weighted by Gasteiger charge is 2.06. The van der Waals surface area contributed by atoms with Crippen molar-refractivity contribution in [2.24, 2.45) is 0 Å². The summed E-state index contributed by atoms with van der Waals surface area (Å²) in [5, 5.41) is 15.8. The number of anilines is 1. The quantitative estimate of drug-likeness (QED) is 0.757. The fraction of sp³-hybridized carbons (Fsp3) is 0.188. The van der Waals surface area contributed by atoms with Crippen LogP contribution in [-0.2, 0) is 6.54 Å². The second-order valence-electron chi connectivity index (χ2n) is 4.65. The van der Waals surface area contributed by atoms with Gasteiger partial charge in [0, 0.05) is 34.4 Å². The molecule has 22 heavy (non-hydrogen) atoms. The van der Waals surface area contributed by atoms with Gasteiger partial charge in [-0.1, -0.05) is 29.3 Å². The number of rotatable bonds is 6. The number of carbonyl (C=O) groups excluding carboxylic acids is 1. The van der Waals surface area contributed by atoms with Crippen LogP contribution in [0.3, 0.4) is 0 Å². The molecule has 3 N–H and O–H groups in total. The number of hydrogen-bond acceptors (Lipinski definition) is 3. The Morgan fingerprint density at radius 2 is 1.95 bits per heavy atom. The maximum absolute atomic E-state index is 11.8. The van der Waals surface area contributed by atoms with E-state index in [2.05, 4.69) is 10.6 Å². The molecule has 116 valence electrons. The predicted molar refractivity (Wildman–Crippen MR) is 89.6 cm³/mol. The van der Waals surface area contributed by atoms with Crippen LogP contribution in [0, 0.1) is 0 Å². The van der Waals surface area contributed by atoms with Crippen molar-refractivity contribution in [3.8, 4) is 0 Å². The van der Waals surface area contributed by atoms with Gasteiger partial charge in [-0.15, -0.1) is 0 Å². The van der Waals surface area contributed by atoms with E-state index in [1.54, 1.807) is 36.4 Å². The van der Waals surface area contributed by atoms with Crippen molar-refractivity contribution in [2.75, 3.05) is 18.5 Å². The molecule has 0 aliphatic rings. The monoisotopic (exact) mass is 338 g/mol. The van der Waals surface area contributed by atoms with Gasteiger partial charge in [-0.25, -0.2) is 0 Å². The molecular weight excluding hydrogens is 323 g/mol. The molecule has 2 aromatic carbocycles. The zero-order valence-electron chi connectivity index (χ0n) is 11.8. The maximum atomic E-state index is 11.8. The third-order valence-corrected chi connectivity index (χ3v) is 3.62. The van der Waals surface area contributed by atoms with E-state index in [-0.39, 0.29) is 19.1 Å². The zero-order chi connectivity index (χ0) is 15.9. The van der Waals surface area contributed by atoms with Crippen molar-refractivity contribution in [2.45, 2.75) is 6.54 Å². The van der Waals surface area contributed by atoms with E-state index in [0.717, 1.165) is 11.3 Å². The third kappa shape index (κ3) is 4.63. The van der Waals surface area contributed by atoms with E-state index in [0.29, 0.717) is 22.2 Å². The van der Waals surface area contributed by atoms with Gasteiger partial charge >= 0.3 is 0 Å². The highest BCUT2D eigenvalue weighted by atomic mass is 35.5. The number of halogens is 2. The summed E-state index contributed by atoms with van der Waals surface area (Å²) in [5.41, 5.74) is 2.20. The third-order valence-electron chi connectivity index (χ3n) is 3.01. The second-order valence-corrected chi connectivity index (χ2v) is 5.49. The van der Waals surface area contributed by atoms with Crippen molar-refractivity contribution in [3.05, 3.63) is 63.6 Å². The molecule has 0 saturated carbocycles. The molecule has 0 radical (unpaired) electrons. The first-order chi connectivity index (χ1) is 10.6. The number of hydrogen-bond donors (Lipinski definition) is 3. The maximum Gasteiger partial charge on any atom is 0.251 e. The highest BCUT2D eigenvalue weighted by molar-refractivity contribution is 6.33. The Hall–Kier alpha value is -1.75. The Labute approximate surface area is 139 Å². The van der Waals surface area contributed by atoms with Crippen molar-refractivity contribution in [1.82, 2.24) is 5.32 Å². The normalized spacial score (nSPS) is 10.3. The van der Waals surface area contributed by atoms with E-state index >= 15 is 0 Å². The van der Waals surface area contributed by atoms with Crippen LogP contribution in [0.1, 0.15) is 15.9 Å². The van der Waals surface area contributed by atoms with Crippen molar-refractivity contribution < 1.29 is 9.90 Å². The van der Waals surface area contributed by atoms with Crippen LogP contribution in [0.2, 0.25) is 10.0 Å². The average molecular weight is 339 g/mol. The molecule has 0 unspecified atom stereocenters. The summed E-state index contributed by atoms with van der Waals surface area (Å²) in [5.74, 6) is -0.224. The molecule has 1 amide bonds. The summed E-state index contributed by atoms with van der Waals surface area (Å²) in [6.07, 6.45) is 0. The van der Waals surface area contributed by atoms with Gasteiger partial charge in [0.05, 0.1) is 6.61 Å². The SMILES string of the molecule is O=C(NCCO)c1cccc(NCc2cc(Cl)ccc2Cl)c1. The van der Waals surface area contributed by atoms with E-state index in [1.807, 2.05) is 6.07 Å². The fourth-order valence-corrected chi connectivity index (χ4v) is 2.30. The number of amides is 1. The predicted octanol–water partition coefficient (Wildman–Crippen LogP) is 3.33. The molecule has 2 rings (SSSR count). The molecule has 0 aromatic heterocycles. The van der Waals surface area contributed by atoms with Crippen molar-refractivity contribution in [1.29, 1.82) is 0 Å². The minimum atomic E-state index is -0.224. The summed E-state index contributed by atoms with van der Waals surface area (Å²) >= 11 is 12.1. The average Bonchev–Trinajstić information content (AvgIpc) is 2.53. The first-order valence-electron chi connectivity index (χ1n) is 6.77. The number of carbonyl (C=O) groups is 1. The summed E-state index contributed by atoms with van der Waals surface area (Å²) < 4.78 is 0. The number of aliphatic hydroxyl groups excluding tert-OH is 1. The van der Waals surface area contributed by atoms with Crippen LogP contribution >= 0.6 is 23.2 Å². The summed E-state index contributed by atoms with van der Waals surface area (Å²) in [6.45, 7) is 0.645. The molecule has 2 aromatic rings. The second kappa shape index (κ2) is 8.03. The van der Waals surface area contributed by atoms with E-state index in [1.165, 1.54) is 0 Å². The van der Waals surface area contributed by atoms with Gasteiger partial charge in [-0.05, 0) is 42.0 Å². The van der Waals surface area contributed by atoms with Crippen LogP contribution in [0.25, 0.3) is 0 Å². The Bertz CT molecular complexity index is 662. The van der Waals surface area contributed by atoms with Gasteiger partial charge in [0.25, 0.3) is 5.91 Å². The molecule has 0 bridgehead atoms. The van der Waals surface area contributed by atoms with Gasteiger partial charge in [0.1, 0.15) is 0 Å². The standard InChI is InChI=1S/C16H16Cl2N2O2/c17-13-4-5-15(18)12(8-13)10-20-14-3-1-2-11(9-14)16(22)19-6-7-21/h1-5,8-9,20-21H,6-7,10H2,(H,19,22). The van der Waals surface area contributed by atoms with Gasteiger partial charge < -0.3 is 15.7 Å². The van der Waals surface area contributed by atoms with E-state index < -0.39 is 0 Å². The minimum Gasteiger partial charge on any atom is -0.395 e. The molecular formula is C16H16Cl2N2O2. The molecule has 4 nitrogen and oxygen atoms in total. The van der Waals surface area contributed by atoms with Crippen LogP contribution < -0.4 is 10.6 Å². The molecule has 0 atom stereocenters. The van der Waals surface area contributed by atoms with Gasteiger partial charge in [0.2, 0.25) is 0 Å². The molecule has 0 spiro atoms. The van der Waals surface area contributed by atoms with Crippen molar-refractivity contribution in [3.63, 3.8) is 0 Å². The van der Waals surface area contributed by atoms with E-state index in [9.17, 15) is 4.79 Å². The van der Waals surface area contributed by atoms with Crippen LogP contribution in [0.5, 0.6) is 0 Å². The van der Waals surface area contributed by atoms with Crippen LogP contribution in [0.4, 0.5) is 5.69 Å². The lowest BCUT2D eigenvalue weighted by Crippen LogP contribution is -2.26. The highest BCUT2D eigenvalue weighted by Crippen LogP contribution is 2.22. The Balaban J connectivity index is 2.04. The fourth-order valence-electron chi connectivity index (χ4n) is 1.92. The Morgan fingerprint density at radius 3 is 2.73 bits per heavy atom. The largest absolute Gasteiger partial charge is 0.395 e. The summed E-state index contributed by atoms with van der Waals surface area (Å²) in [4.78, 5) is 11.8. The summed E-state index contributed by atoms with van der Waals surface area (Å²) in [6, 6.07) is 12.4. The number of aliphatic hydroxyl groups is 1. The molecule has 0 aliphatic heterocycles. The molecule has 0 heterocycles. The smallest absolute Gasteiger partial charge is 0.251 e. The lowest BCUT2D eigenvalue weighted by atomic mass is 10.1. The molecule has 0 fully saturated rings. The van der Waals surface area contributed by atoms with Gasteiger partial charge in [0.15, 0.2) is 0 Å². The Morgan fingerprint density at radius 1 is 1.14 bits per heavy atom. The first-order valence-corrected chi connectivity index (χ1v) is 7.52.